The van der Waals surface area contributed by atoms with Crippen molar-refractivity contribution in [2.75, 3.05) is 20.8 Å². The number of rotatable bonds is 7. The Morgan fingerprint density at radius 3 is 2.17 bits per heavy atom. The Morgan fingerprint density at radius 1 is 0.867 bits per heavy atom. The lowest BCUT2D eigenvalue weighted by Gasteiger charge is -2.18. The van der Waals surface area contributed by atoms with Gasteiger partial charge in [0.05, 0.1) is 19.8 Å². The number of aromatic hydroxyl groups is 3. The van der Waals surface area contributed by atoms with Crippen LogP contribution in [-0.4, -0.2) is 36.1 Å². The number of ether oxygens (including phenoxy) is 3. The molecule has 0 aliphatic rings. The van der Waals surface area contributed by atoms with Crippen LogP contribution < -0.4 is 14.2 Å². The number of hydrogen-bond donors (Lipinski definition) is 3. The van der Waals surface area contributed by atoms with E-state index in [2.05, 4.69) is 0 Å². The molecule has 156 valence electrons. The van der Waals surface area contributed by atoms with Crippen molar-refractivity contribution in [3.05, 3.63) is 60.1 Å². The molecular formula is C23H21ClO6. The number of methoxy groups -OCH3 is 2. The third-order valence-electron chi connectivity index (χ3n) is 4.49. The van der Waals surface area contributed by atoms with Crippen LogP contribution in [0.25, 0.3) is 22.3 Å². The first-order chi connectivity index (χ1) is 14.5. The van der Waals surface area contributed by atoms with Gasteiger partial charge in [-0.25, -0.2) is 0 Å². The van der Waals surface area contributed by atoms with Crippen molar-refractivity contribution in [1.29, 1.82) is 0 Å². The fourth-order valence-electron chi connectivity index (χ4n) is 3.10. The van der Waals surface area contributed by atoms with Crippen LogP contribution >= 0.6 is 11.6 Å². The highest BCUT2D eigenvalue weighted by molar-refractivity contribution is 6.25. The summed E-state index contributed by atoms with van der Waals surface area (Å²) >= 11 is 5.47. The van der Waals surface area contributed by atoms with Gasteiger partial charge in [-0.1, -0.05) is 29.8 Å². The van der Waals surface area contributed by atoms with Gasteiger partial charge in [0.2, 0.25) is 0 Å². The van der Waals surface area contributed by atoms with E-state index in [1.165, 1.54) is 25.8 Å². The molecule has 0 radical (unpaired) electrons. The van der Waals surface area contributed by atoms with E-state index in [0.29, 0.717) is 22.4 Å². The van der Waals surface area contributed by atoms with E-state index in [-0.39, 0.29) is 35.4 Å². The second-order valence-electron chi connectivity index (χ2n) is 6.29. The van der Waals surface area contributed by atoms with Crippen LogP contribution in [0.5, 0.6) is 34.5 Å². The molecular weight excluding hydrogens is 408 g/mol. The minimum atomic E-state index is -0.141. The van der Waals surface area contributed by atoms with Gasteiger partial charge >= 0.3 is 0 Å². The average molecular weight is 429 g/mol. The highest BCUT2D eigenvalue weighted by Crippen LogP contribution is 2.50. The van der Waals surface area contributed by atoms with Crippen LogP contribution in [0.3, 0.4) is 0 Å². The van der Waals surface area contributed by atoms with E-state index in [1.807, 2.05) is 0 Å². The summed E-state index contributed by atoms with van der Waals surface area (Å²) in [6, 6.07) is 13.0. The molecule has 7 heteroatoms. The summed E-state index contributed by atoms with van der Waals surface area (Å²) in [7, 11) is 2.94. The Kier molecular flexibility index (Phi) is 6.59. The summed E-state index contributed by atoms with van der Waals surface area (Å²) in [5, 5.41) is 30.9. The monoisotopic (exact) mass is 428 g/mol. The predicted molar refractivity (Wildman–Crippen MR) is 116 cm³/mol. The first-order valence-electron chi connectivity index (χ1n) is 8.98. The number of halogens is 1. The summed E-state index contributed by atoms with van der Waals surface area (Å²) in [6.07, 6.45) is 1.59. The molecule has 0 saturated heterocycles. The third kappa shape index (κ3) is 4.23. The molecule has 0 heterocycles. The van der Waals surface area contributed by atoms with Crippen molar-refractivity contribution in [2.45, 2.75) is 0 Å². The zero-order chi connectivity index (χ0) is 21.7. The lowest BCUT2D eigenvalue weighted by Crippen LogP contribution is -1.96. The number of hydrogen-bond acceptors (Lipinski definition) is 6. The fraction of sp³-hybridized carbons (Fsp3) is 0.130. The normalized spacial score (nSPS) is 10.9. The minimum Gasteiger partial charge on any atom is -0.508 e. The van der Waals surface area contributed by atoms with E-state index < -0.39 is 0 Å². The molecule has 3 N–H and O–H groups in total. The highest BCUT2D eigenvalue weighted by atomic mass is 35.5. The quantitative estimate of drug-likeness (QED) is 0.474. The molecule has 0 fully saturated rings. The third-order valence-corrected chi connectivity index (χ3v) is 4.67. The Bertz CT molecular complexity index is 1060. The molecule has 30 heavy (non-hydrogen) atoms. The lowest BCUT2D eigenvalue weighted by molar-refractivity contribution is 0.336. The molecule has 0 spiro atoms. The Labute approximate surface area is 179 Å². The number of benzene rings is 3. The highest BCUT2D eigenvalue weighted by Gasteiger charge is 2.22. The second-order valence-corrected chi connectivity index (χ2v) is 6.54. The van der Waals surface area contributed by atoms with Crippen molar-refractivity contribution < 1.29 is 29.5 Å². The maximum atomic E-state index is 11.0. The van der Waals surface area contributed by atoms with Crippen molar-refractivity contribution in [1.82, 2.24) is 0 Å². The minimum absolute atomic E-state index is 0.0986. The van der Waals surface area contributed by atoms with Crippen LogP contribution in [0.2, 0.25) is 0 Å². The SMILES string of the molecule is COc1cc(-c2ccc(O)cc2)c(OC)c(O)c1-c1ccc(OC/C=C/Cl)c(O)c1. The molecule has 0 aliphatic carbocycles. The molecule has 0 amide bonds. The zero-order valence-corrected chi connectivity index (χ0v) is 17.2. The van der Waals surface area contributed by atoms with Crippen molar-refractivity contribution >= 4 is 11.6 Å². The molecule has 6 nitrogen and oxygen atoms in total. The summed E-state index contributed by atoms with van der Waals surface area (Å²) in [5.74, 6) is 0.791. The Hall–Kier alpha value is -3.51. The summed E-state index contributed by atoms with van der Waals surface area (Å²) in [5.41, 5.74) is 3.52. The van der Waals surface area contributed by atoms with E-state index in [4.69, 9.17) is 25.8 Å². The van der Waals surface area contributed by atoms with Gasteiger partial charge in [-0.15, -0.1) is 0 Å². The van der Waals surface area contributed by atoms with Crippen molar-refractivity contribution in [3.8, 4) is 56.8 Å². The maximum Gasteiger partial charge on any atom is 0.170 e. The van der Waals surface area contributed by atoms with E-state index >= 15 is 0 Å². The average Bonchev–Trinajstić information content (AvgIpc) is 2.75. The van der Waals surface area contributed by atoms with Gasteiger partial charge in [-0.05, 0) is 47.5 Å². The zero-order valence-electron chi connectivity index (χ0n) is 16.4. The van der Waals surface area contributed by atoms with Crippen molar-refractivity contribution in [2.24, 2.45) is 0 Å². The molecule has 0 unspecified atom stereocenters. The van der Waals surface area contributed by atoms with E-state index in [1.54, 1.807) is 48.5 Å². The van der Waals surface area contributed by atoms with Crippen LogP contribution in [-0.2, 0) is 0 Å². The molecule has 0 bridgehead atoms. The topological polar surface area (TPSA) is 88.4 Å². The van der Waals surface area contributed by atoms with Gasteiger partial charge in [0.15, 0.2) is 23.0 Å². The first kappa shape index (κ1) is 21.2. The van der Waals surface area contributed by atoms with E-state index in [0.717, 1.165) is 5.56 Å². The summed E-state index contributed by atoms with van der Waals surface area (Å²) < 4.78 is 16.4. The van der Waals surface area contributed by atoms with E-state index in [9.17, 15) is 15.3 Å². The Balaban J connectivity index is 2.11. The summed E-state index contributed by atoms with van der Waals surface area (Å²) in [4.78, 5) is 0. The molecule has 0 aliphatic heterocycles. The van der Waals surface area contributed by atoms with Crippen LogP contribution in [0, 0.1) is 0 Å². The first-order valence-corrected chi connectivity index (χ1v) is 9.42. The lowest BCUT2D eigenvalue weighted by atomic mass is 9.96. The molecule has 3 aromatic carbocycles. The molecule has 3 rings (SSSR count). The van der Waals surface area contributed by atoms with Crippen LogP contribution in [0.15, 0.2) is 60.1 Å². The largest absolute Gasteiger partial charge is 0.508 e. The fourth-order valence-corrected chi connectivity index (χ4v) is 3.17. The Morgan fingerprint density at radius 2 is 1.57 bits per heavy atom. The maximum absolute atomic E-state index is 11.0. The molecule has 0 atom stereocenters. The van der Waals surface area contributed by atoms with Gasteiger partial charge in [0.25, 0.3) is 0 Å². The number of phenols is 3. The van der Waals surface area contributed by atoms with Gasteiger partial charge < -0.3 is 29.5 Å². The van der Waals surface area contributed by atoms with Gasteiger partial charge in [0.1, 0.15) is 18.1 Å². The molecule has 3 aromatic rings. The van der Waals surface area contributed by atoms with Gasteiger partial charge in [0, 0.05) is 11.1 Å². The smallest absolute Gasteiger partial charge is 0.170 e. The number of phenolic OH excluding ortho intramolecular Hbond substituents is 3. The van der Waals surface area contributed by atoms with Gasteiger partial charge in [-0.3, -0.25) is 0 Å². The summed E-state index contributed by atoms with van der Waals surface area (Å²) in [6.45, 7) is 0.208. The molecule has 0 saturated carbocycles. The van der Waals surface area contributed by atoms with Crippen LogP contribution in [0.4, 0.5) is 0 Å². The standard InChI is InChI=1S/C23H21ClO6/c1-28-20-13-17(14-4-7-16(25)8-5-14)23(29-2)22(27)21(20)15-6-9-19(18(26)12-15)30-11-3-10-24/h3-10,12-13,25-27H,11H2,1-2H3/b10-3+. The molecule has 0 aromatic heterocycles. The van der Waals surface area contributed by atoms with Gasteiger partial charge in [-0.2, -0.15) is 0 Å². The predicted octanol–water partition coefficient (Wildman–Crippen LogP) is 5.29. The van der Waals surface area contributed by atoms with Crippen LogP contribution in [0.1, 0.15) is 0 Å². The van der Waals surface area contributed by atoms with Crippen molar-refractivity contribution in [3.63, 3.8) is 0 Å². The second kappa shape index (κ2) is 9.33.